The molecule has 2 amide bonds. The Balaban J connectivity index is 1.34. The highest BCUT2D eigenvalue weighted by Crippen LogP contribution is 2.25. The van der Waals surface area contributed by atoms with Gasteiger partial charge in [-0.3, -0.25) is 9.59 Å². The van der Waals surface area contributed by atoms with Crippen molar-refractivity contribution in [2.45, 2.75) is 43.9 Å². The Morgan fingerprint density at radius 1 is 1.03 bits per heavy atom. The van der Waals surface area contributed by atoms with Crippen LogP contribution >= 0.6 is 11.8 Å². The number of hydrogen-bond donors (Lipinski definition) is 2. The maximum Gasteiger partial charge on any atom is 0.326 e. The summed E-state index contributed by atoms with van der Waals surface area (Å²) in [5.41, 5.74) is 2.00. The minimum atomic E-state index is -1.02. The minimum Gasteiger partial charge on any atom is -0.480 e. The van der Waals surface area contributed by atoms with Crippen LogP contribution in [0.1, 0.15) is 24.0 Å². The summed E-state index contributed by atoms with van der Waals surface area (Å²) in [5.74, 6) is -0.583. The molecule has 8 heteroatoms. The van der Waals surface area contributed by atoms with Crippen molar-refractivity contribution in [1.82, 2.24) is 15.1 Å². The molecule has 2 N–H and O–H groups in total. The Morgan fingerprint density at radius 2 is 1.79 bits per heavy atom. The van der Waals surface area contributed by atoms with Gasteiger partial charge in [-0.15, -0.1) is 11.8 Å². The molecule has 2 saturated heterocycles. The highest BCUT2D eigenvalue weighted by Gasteiger charge is 2.39. The SMILES string of the molecule is O=C(O)[C@H](Cc1ccccc1)N1C[C@@H]2CCCN2C(=O)[C@@H](NCc2cccc3ccccc23)CSCC1=O. The number of benzene rings is 3. The van der Waals surface area contributed by atoms with Gasteiger partial charge in [-0.05, 0) is 34.7 Å². The van der Waals surface area contributed by atoms with Gasteiger partial charge in [0.2, 0.25) is 11.8 Å². The number of hydrogen-bond acceptors (Lipinski definition) is 5. The van der Waals surface area contributed by atoms with Crippen LogP contribution in [0.2, 0.25) is 0 Å². The normalized spacial score (nSPS) is 21.4. The summed E-state index contributed by atoms with van der Waals surface area (Å²) in [6, 6.07) is 22.2. The Bertz CT molecular complexity index is 1300. The number of carbonyl (C=O) groups excluding carboxylic acids is 2. The van der Waals surface area contributed by atoms with Gasteiger partial charge in [-0.1, -0.05) is 72.8 Å². The number of nitrogens with one attached hydrogen (secondary N) is 1. The van der Waals surface area contributed by atoms with Crippen molar-refractivity contribution in [3.05, 3.63) is 83.9 Å². The van der Waals surface area contributed by atoms with Crippen molar-refractivity contribution in [3.8, 4) is 0 Å². The summed E-state index contributed by atoms with van der Waals surface area (Å²) in [5, 5.41) is 15.9. The van der Waals surface area contributed by atoms with Gasteiger partial charge in [0.1, 0.15) is 6.04 Å². The summed E-state index contributed by atoms with van der Waals surface area (Å²) in [4.78, 5) is 42.8. The van der Waals surface area contributed by atoms with Crippen LogP contribution in [-0.2, 0) is 27.3 Å². The highest BCUT2D eigenvalue weighted by molar-refractivity contribution is 8.00. The molecule has 0 aliphatic carbocycles. The van der Waals surface area contributed by atoms with E-state index < -0.39 is 18.1 Å². The molecule has 0 radical (unpaired) electrons. The number of thioether (sulfide) groups is 1. The second-order valence-electron chi connectivity index (χ2n) is 10.0. The molecular formula is C30H33N3O4S. The van der Waals surface area contributed by atoms with Crippen LogP contribution in [0.3, 0.4) is 0 Å². The summed E-state index contributed by atoms with van der Waals surface area (Å²) in [6.45, 7) is 1.42. The third-order valence-corrected chi connectivity index (χ3v) is 8.57. The van der Waals surface area contributed by atoms with E-state index >= 15 is 0 Å². The molecule has 3 atom stereocenters. The van der Waals surface area contributed by atoms with Gasteiger partial charge < -0.3 is 20.2 Å². The second-order valence-corrected chi connectivity index (χ2v) is 11.0. The van der Waals surface area contributed by atoms with E-state index in [9.17, 15) is 19.5 Å². The maximum absolute atomic E-state index is 13.7. The van der Waals surface area contributed by atoms with Gasteiger partial charge >= 0.3 is 5.97 Å². The summed E-state index contributed by atoms with van der Waals surface area (Å²) < 4.78 is 0. The van der Waals surface area contributed by atoms with Crippen LogP contribution in [0.15, 0.2) is 72.8 Å². The summed E-state index contributed by atoms with van der Waals surface area (Å²) in [6.07, 6.45) is 1.84. The highest BCUT2D eigenvalue weighted by atomic mass is 32.2. The Hall–Kier alpha value is -3.36. The molecule has 2 heterocycles. The van der Waals surface area contributed by atoms with E-state index in [2.05, 4.69) is 29.6 Å². The quantitative estimate of drug-likeness (QED) is 0.485. The van der Waals surface area contributed by atoms with E-state index in [1.807, 2.05) is 53.4 Å². The fourth-order valence-electron chi connectivity index (χ4n) is 5.56. The van der Waals surface area contributed by atoms with E-state index in [0.29, 0.717) is 18.8 Å². The Labute approximate surface area is 227 Å². The summed E-state index contributed by atoms with van der Waals surface area (Å²) in [7, 11) is 0. The monoisotopic (exact) mass is 531 g/mol. The molecule has 2 aliphatic rings. The molecule has 3 aromatic carbocycles. The van der Waals surface area contributed by atoms with Crippen molar-refractivity contribution < 1.29 is 19.5 Å². The number of carboxylic acids is 1. The predicted molar refractivity (Wildman–Crippen MR) is 150 cm³/mol. The van der Waals surface area contributed by atoms with Crippen molar-refractivity contribution in [2.24, 2.45) is 0 Å². The lowest BCUT2D eigenvalue weighted by Crippen LogP contribution is -2.56. The molecular weight excluding hydrogens is 498 g/mol. The fourth-order valence-corrected chi connectivity index (χ4v) is 6.51. The van der Waals surface area contributed by atoms with E-state index in [1.165, 1.54) is 16.7 Å². The maximum atomic E-state index is 13.7. The average molecular weight is 532 g/mol. The zero-order valence-corrected chi connectivity index (χ0v) is 22.1. The van der Waals surface area contributed by atoms with Crippen molar-refractivity contribution in [2.75, 3.05) is 24.6 Å². The standard InChI is InChI=1S/C30H33N3O4S/c34-28-20-38-19-26(31-17-23-12-6-11-22-10-4-5-14-25(22)23)29(35)32-15-7-13-24(32)18-33(28)27(30(36)37)16-21-8-2-1-3-9-21/h1-6,8-12,14,24,26-27,31H,7,13,15-20H2,(H,36,37)/t24-,26-,27-/m0/s1. The Morgan fingerprint density at radius 3 is 2.61 bits per heavy atom. The number of amides is 2. The first-order valence-electron chi connectivity index (χ1n) is 13.2. The molecule has 198 valence electrons. The van der Waals surface area contributed by atoms with Crippen molar-refractivity contribution in [3.63, 3.8) is 0 Å². The average Bonchev–Trinajstić information content (AvgIpc) is 3.40. The van der Waals surface area contributed by atoms with Crippen LogP contribution in [0, 0.1) is 0 Å². The van der Waals surface area contributed by atoms with Gasteiger partial charge in [0.15, 0.2) is 0 Å². The molecule has 0 bridgehead atoms. The molecule has 7 nitrogen and oxygen atoms in total. The molecule has 0 aromatic heterocycles. The van der Waals surface area contributed by atoms with Gasteiger partial charge in [0, 0.05) is 37.8 Å². The largest absolute Gasteiger partial charge is 0.480 e. The number of aliphatic carboxylic acids is 1. The molecule has 38 heavy (non-hydrogen) atoms. The lowest BCUT2D eigenvalue weighted by Gasteiger charge is -2.37. The first kappa shape index (κ1) is 26.3. The van der Waals surface area contributed by atoms with E-state index in [0.717, 1.165) is 34.7 Å². The summed E-state index contributed by atoms with van der Waals surface area (Å²) >= 11 is 1.39. The van der Waals surface area contributed by atoms with E-state index in [4.69, 9.17) is 0 Å². The van der Waals surface area contributed by atoms with E-state index in [1.54, 1.807) is 0 Å². The molecule has 5 rings (SSSR count). The zero-order valence-electron chi connectivity index (χ0n) is 21.3. The lowest BCUT2D eigenvalue weighted by atomic mass is 10.0. The zero-order chi connectivity index (χ0) is 26.5. The van der Waals surface area contributed by atoms with Gasteiger partial charge in [0.25, 0.3) is 0 Å². The number of fused-ring (bicyclic) bond motifs is 2. The minimum absolute atomic E-state index is 0.0319. The molecule has 0 spiro atoms. The number of rotatable bonds is 7. The molecule has 2 fully saturated rings. The van der Waals surface area contributed by atoms with Crippen LogP contribution in [0.4, 0.5) is 0 Å². The number of carbonyl (C=O) groups is 3. The first-order chi connectivity index (χ1) is 18.5. The van der Waals surface area contributed by atoms with E-state index in [-0.39, 0.29) is 36.6 Å². The van der Waals surface area contributed by atoms with Gasteiger partial charge in [-0.2, -0.15) is 0 Å². The third kappa shape index (κ3) is 5.87. The van der Waals surface area contributed by atoms with Crippen molar-refractivity contribution >= 4 is 40.3 Å². The van der Waals surface area contributed by atoms with Crippen LogP contribution in [-0.4, -0.2) is 75.4 Å². The smallest absolute Gasteiger partial charge is 0.326 e. The molecule has 3 aromatic rings. The predicted octanol–water partition coefficient (Wildman–Crippen LogP) is 3.56. The topological polar surface area (TPSA) is 89.9 Å². The second kappa shape index (κ2) is 12.0. The van der Waals surface area contributed by atoms with Gasteiger partial charge in [0.05, 0.1) is 11.8 Å². The van der Waals surface area contributed by atoms with Crippen LogP contribution < -0.4 is 5.32 Å². The van der Waals surface area contributed by atoms with Crippen molar-refractivity contribution in [1.29, 1.82) is 0 Å². The third-order valence-electron chi connectivity index (χ3n) is 7.55. The first-order valence-corrected chi connectivity index (χ1v) is 14.3. The number of nitrogens with zero attached hydrogens (tertiary/aromatic N) is 2. The molecule has 0 saturated carbocycles. The molecule has 2 aliphatic heterocycles. The number of carboxylic acid groups (broad SMARTS) is 1. The van der Waals surface area contributed by atoms with Gasteiger partial charge in [-0.25, -0.2) is 4.79 Å². The Kier molecular flexibility index (Phi) is 8.29. The molecule has 0 unspecified atom stereocenters. The van der Waals surface area contributed by atoms with Crippen LogP contribution in [0.5, 0.6) is 0 Å². The lowest BCUT2D eigenvalue weighted by molar-refractivity contribution is -0.150. The fraction of sp³-hybridized carbons (Fsp3) is 0.367. The van der Waals surface area contributed by atoms with Crippen LogP contribution in [0.25, 0.3) is 10.8 Å².